The van der Waals surface area contributed by atoms with E-state index in [-0.39, 0.29) is 12.5 Å². The van der Waals surface area contributed by atoms with Crippen molar-refractivity contribution in [1.82, 2.24) is 4.90 Å². The molecule has 0 fully saturated rings. The van der Waals surface area contributed by atoms with Gasteiger partial charge in [-0.2, -0.15) is 0 Å². The third-order valence-corrected chi connectivity index (χ3v) is 3.52. The first-order chi connectivity index (χ1) is 9.72. The number of hydrogen-bond acceptors (Lipinski definition) is 2. The van der Waals surface area contributed by atoms with Gasteiger partial charge in [0.15, 0.2) is 0 Å². The fraction of sp³-hybridized carbons (Fsp3) is 0.429. The average molecular weight is 333 g/mol. The number of aryl methyl sites for hydroxylation is 1. The van der Waals surface area contributed by atoms with Crippen LogP contribution >= 0.6 is 23.2 Å². The van der Waals surface area contributed by atoms with E-state index < -0.39 is 12.0 Å². The predicted molar refractivity (Wildman–Crippen MR) is 84.3 cm³/mol. The smallest absolute Gasteiger partial charge is 0.323 e. The Morgan fingerprint density at radius 3 is 2.48 bits per heavy atom. The predicted octanol–water partition coefficient (Wildman–Crippen LogP) is 3.88. The van der Waals surface area contributed by atoms with Gasteiger partial charge in [0.25, 0.3) is 0 Å². The van der Waals surface area contributed by atoms with Gasteiger partial charge in [-0.05, 0) is 24.5 Å². The summed E-state index contributed by atoms with van der Waals surface area (Å²) in [6.07, 6.45) is 0. The number of rotatable bonds is 5. The number of carboxylic acids is 1. The number of amides is 2. The number of anilines is 1. The molecule has 0 bridgehead atoms. The van der Waals surface area contributed by atoms with Crippen LogP contribution in [0.2, 0.25) is 10.0 Å². The molecule has 1 aromatic carbocycles. The molecule has 116 valence electrons. The molecule has 0 aliphatic heterocycles. The zero-order valence-electron chi connectivity index (χ0n) is 12.1. The highest BCUT2D eigenvalue weighted by atomic mass is 35.5. The van der Waals surface area contributed by atoms with Gasteiger partial charge in [-0.1, -0.05) is 43.1 Å². The molecular formula is C14H18Cl2N2O3. The largest absolute Gasteiger partial charge is 0.480 e. The Labute approximate surface area is 133 Å². The lowest BCUT2D eigenvalue weighted by molar-refractivity contribution is -0.137. The summed E-state index contributed by atoms with van der Waals surface area (Å²) in [5.74, 6) is -0.939. The van der Waals surface area contributed by atoms with Gasteiger partial charge >= 0.3 is 12.0 Å². The molecule has 21 heavy (non-hydrogen) atoms. The Hall–Kier alpha value is -1.46. The number of urea groups is 1. The van der Waals surface area contributed by atoms with E-state index in [0.717, 1.165) is 5.56 Å². The highest BCUT2D eigenvalue weighted by Gasteiger charge is 2.20. The minimum Gasteiger partial charge on any atom is -0.480 e. The average Bonchev–Trinajstić information content (AvgIpc) is 2.37. The molecule has 0 aliphatic carbocycles. The quantitative estimate of drug-likeness (QED) is 0.859. The summed E-state index contributed by atoms with van der Waals surface area (Å²) in [5, 5.41) is 12.1. The van der Waals surface area contributed by atoms with Crippen molar-refractivity contribution in [3.05, 3.63) is 27.7 Å². The van der Waals surface area contributed by atoms with Crippen molar-refractivity contribution < 1.29 is 14.7 Å². The summed E-state index contributed by atoms with van der Waals surface area (Å²) in [7, 11) is 0. The number of carbonyl (C=O) groups is 2. The lowest BCUT2D eigenvalue weighted by Crippen LogP contribution is -2.41. The summed E-state index contributed by atoms with van der Waals surface area (Å²) >= 11 is 12.2. The van der Waals surface area contributed by atoms with E-state index in [9.17, 15) is 9.59 Å². The number of carbonyl (C=O) groups excluding carboxylic acids is 1. The highest BCUT2D eigenvalue weighted by Crippen LogP contribution is 2.33. The van der Waals surface area contributed by atoms with E-state index in [4.69, 9.17) is 28.3 Å². The van der Waals surface area contributed by atoms with Gasteiger partial charge in [0, 0.05) is 6.54 Å². The first kappa shape index (κ1) is 17.6. The summed E-state index contributed by atoms with van der Waals surface area (Å²) in [4.78, 5) is 24.3. The van der Waals surface area contributed by atoms with E-state index in [0.29, 0.717) is 22.3 Å². The highest BCUT2D eigenvalue weighted by molar-refractivity contribution is 6.40. The van der Waals surface area contributed by atoms with E-state index in [1.165, 1.54) is 4.90 Å². The lowest BCUT2D eigenvalue weighted by Gasteiger charge is -2.23. The Balaban J connectivity index is 2.96. The van der Waals surface area contributed by atoms with Crippen LogP contribution in [0.4, 0.5) is 10.5 Å². The molecule has 5 nitrogen and oxygen atoms in total. The molecule has 1 rings (SSSR count). The van der Waals surface area contributed by atoms with Gasteiger partial charge in [-0.15, -0.1) is 0 Å². The van der Waals surface area contributed by atoms with Crippen molar-refractivity contribution in [2.75, 3.05) is 18.4 Å². The molecule has 0 radical (unpaired) electrons. The first-order valence-corrected chi connectivity index (χ1v) is 7.20. The van der Waals surface area contributed by atoms with Crippen LogP contribution in [0.3, 0.4) is 0 Å². The maximum Gasteiger partial charge on any atom is 0.323 e. The van der Waals surface area contributed by atoms with E-state index in [2.05, 4.69) is 5.32 Å². The number of nitrogens with zero attached hydrogens (tertiary/aromatic N) is 1. The van der Waals surface area contributed by atoms with Crippen molar-refractivity contribution in [3.63, 3.8) is 0 Å². The van der Waals surface area contributed by atoms with Crippen LogP contribution in [0, 0.1) is 12.8 Å². The standard InChI is InChI=1S/C14H18Cl2N2O3/c1-8(2)6-18(7-11(19)20)14(21)17-13-10(15)5-4-9(3)12(13)16/h4-5,8H,6-7H2,1-3H3,(H,17,21)(H,19,20). The summed E-state index contributed by atoms with van der Waals surface area (Å²) in [6, 6.07) is 2.83. The molecule has 0 unspecified atom stereocenters. The normalized spacial score (nSPS) is 10.6. The van der Waals surface area contributed by atoms with E-state index in [1.54, 1.807) is 19.1 Å². The Kier molecular flexibility index (Phi) is 6.30. The van der Waals surface area contributed by atoms with Crippen LogP contribution in [0.5, 0.6) is 0 Å². The summed E-state index contributed by atoms with van der Waals surface area (Å²) in [5.41, 5.74) is 1.06. The molecule has 1 aromatic rings. The molecular weight excluding hydrogens is 315 g/mol. The monoisotopic (exact) mass is 332 g/mol. The second-order valence-electron chi connectivity index (χ2n) is 5.15. The third kappa shape index (κ3) is 5.10. The number of hydrogen-bond donors (Lipinski definition) is 2. The molecule has 0 spiro atoms. The van der Waals surface area contributed by atoms with Gasteiger partial charge in [-0.3, -0.25) is 4.79 Å². The minimum absolute atomic E-state index is 0.138. The Morgan fingerprint density at radius 2 is 1.95 bits per heavy atom. The number of carboxylic acid groups (broad SMARTS) is 1. The number of benzene rings is 1. The SMILES string of the molecule is Cc1ccc(Cl)c(NC(=O)N(CC(=O)O)CC(C)C)c1Cl. The summed E-state index contributed by atoms with van der Waals surface area (Å²) < 4.78 is 0. The number of halogens is 2. The molecule has 2 N–H and O–H groups in total. The third-order valence-electron chi connectivity index (χ3n) is 2.71. The fourth-order valence-corrected chi connectivity index (χ4v) is 2.25. The van der Waals surface area contributed by atoms with Crippen LogP contribution in [0.25, 0.3) is 0 Å². The van der Waals surface area contributed by atoms with Crippen LogP contribution in [-0.2, 0) is 4.79 Å². The Morgan fingerprint density at radius 1 is 1.33 bits per heavy atom. The molecule has 7 heteroatoms. The maximum absolute atomic E-state index is 12.2. The molecule has 0 aromatic heterocycles. The van der Waals surface area contributed by atoms with Crippen LogP contribution in [-0.4, -0.2) is 35.1 Å². The molecule has 0 saturated heterocycles. The Bertz CT molecular complexity index is 547. The second-order valence-corrected chi connectivity index (χ2v) is 5.94. The van der Waals surface area contributed by atoms with Crippen molar-refractivity contribution in [3.8, 4) is 0 Å². The molecule has 0 saturated carbocycles. The van der Waals surface area contributed by atoms with Gasteiger partial charge in [0.2, 0.25) is 0 Å². The fourth-order valence-electron chi connectivity index (χ4n) is 1.78. The maximum atomic E-state index is 12.2. The number of aliphatic carboxylic acids is 1. The molecule has 0 atom stereocenters. The summed E-state index contributed by atoms with van der Waals surface area (Å²) in [6.45, 7) is 5.52. The lowest BCUT2D eigenvalue weighted by atomic mass is 10.2. The molecule has 2 amide bonds. The molecule has 0 heterocycles. The molecule has 0 aliphatic rings. The van der Waals surface area contributed by atoms with Crippen molar-refractivity contribution in [2.24, 2.45) is 5.92 Å². The topological polar surface area (TPSA) is 69.6 Å². The second kappa shape index (κ2) is 7.52. The van der Waals surface area contributed by atoms with Gasteiger partial charge in [0.05, 0.1) is 15.7 Å². The first-order valence-electron chi connectivity index (χ1n) is 6.44. The zero-order chi connectivity index (χ0) is 16.2. The van der Waals surface area contributed by atoms with E-state index in [1.807, 2.05) is 13.8 Å². The van der Waals surface area contributed by atoms with Crippen molar-refractivity contribution >= 4 is 40.9 Å². The van der Waals surface area contributed by atoms with Crippen LogP contribution < -0.4 is 5.32 Å². The van der Waals surface area contributed by atoms with Crippen LogP contribution in [0.15, 0.2) is 12.1 Å². The zero-order valence-corrected chi connectivity index (χ0v) is 13.6. The van der Waals surface area contributed by atoms with Crippen LogP contribution in [0.1, 0.15) is 19.4 Å². The number of nitrogens with one attached hydrogen (secondary N) is 1. The minimum atomic E-state index is -1.08. The van der Waals surface area contributed by atoms with Gasteiger partial charge < -0.3 is 15.3 Å². The van der Waals surface area contributed by atoms with Gasteiger partial charge in [-0.25, -0.2) is 4.79 Å². The van der Waals surface area contributed by atoms with Crippen molar-refractivity contribution in [2.45, 2.75) is 20.8 Å². The van der Waals surface area contributed by atoms with Gasteiger partial charge in [0.1, 0.15) is 6.54 Å². The van der Waals surface area contributed by atoms with Crippen molar-refractivity contribution in [1.29, 1.82) is 0 Å². The van der Waals surface area contributed by atoms with E-state index >= 15 is 0 Å².